The molecule has 1 aromatic heterocycles. The van der Waals surface area contributed by atoms with Crippen LogP contribution in [0.4, 0.5) is 5.69 Å². The Morgan fingerprint density at radius 3 is 2.67 bits per heavy atom. The monoisotopic (exact) mass is 317 g/mol. The van der Waals surface area contributed by atoms with Gasteiger partial charge in [0.1, 0.15) is 0 Å². The lowest BCUT2D eigenvalue weighted by Crippen LogP contribution is -2.27. The van der Waals surface area contributed by atoms with E-state index in [9.17, 15) is 0 Å². The zero-order valence-electron chi connectivity index (χ0n) is 13.3. The van der Waals surface area contributed by atoms with E-state index in [1.807, 2.05) is 60.8 Å². The predicted molar refractivity (Wildman–Crippen MR) is 98.1 cm³/mol. The molecule has 0 saturated carbocycles. The number of aliphatic imine (C=N–C) groups is 1. The quantitative estimate of drug-likeness (QED) is 0.213. The van der Waals surface area contributed by atoms with Crippen LogP contribution in [0.3, 0.4) is 0 Å². The average Bonchev–Trinajstić information content (AvgIpc) is 2.63. The molecule has 0 atom stereocenters. The minimum absolute atomic E-state index is 0.428. The number of hydrogen-bond donors (Lipinski definition) is 2. The Morgan fingerprint density at radius 2 is 1.92 bits per heavy atom. The standard InChI is InChI=1S/C19H19N5/c20-16-23-19(24-18-11-14-21-15-12-18)22-13-7-2-1-4-8-17-9-5-3-6-10-17/h1-6,8-12,14-15H,7,13H2,(H2,21,22,23,24)/b2-1+,8-4?. The van der Waals surface area contributed by atoms with Gasteiger partial charge in [0, 0.05) is 24.6 Å². The minimum Gasteiger partial charge on any atom is -0.325 e. The fourth-order valence-corrected chi connectivity index (χ4v) is 1.89. The normalized spacial score (nSPS) is 11.5. The summed E-state index contributed by atoms with van der Waals surface area (Å²) < 4.78 is 0. The molecule has 0 amide bonds. The molecule has 2 rings (SSSR count). The molecule has 120 valence electrons. The number of rotatable bonds is 6. The number of anilines is 1. The van der Waals surface area contributed by atoms with Crippen molar-refractivity contribution in [1.29, 1.82) is 5.26 Å². The number of hydrogen-bond acceptors (Lipinski definition) is 3. The highest BCUT2D eigenvalue weighted by Crippen LogP contribution is 2.03. The first-order valence-electron chi connectivity index (χ1n) is 7.63. The smallest absolute Gasteiger partial charge is 0.209 e. The van der Waals surface area contributed by atoms with Crippen LogP contribution in [0.15, 0.2) is 78.1 Å². The Hall–Kier alpha value is -3.39. The molecule has 0 aliphatic heterocycles. The molecule has 5 heteroatoms. The van der Waals surface area contributed by atoms with Gasteiger partial charge in [0.25, 0.3) is 0 Å². The lowest BCUT2D eigenvalue weighted by atomic mass is 10.2. The molecular formula is C19H19N5. The zero-order valence-corrected chi connectivity index (χ0v) is 13.3. The van der Waals surface area contributed by atoms with Crippen LogP contribution in [0.5, 0.6) is 0 Å². The van der Waals surface area contributed by atoms with E-state index < -0.39 is 0 Å². The second-order valence-electron chi connectivity index (χ2n) is 4.81. The molecule has 0 bridgehead atoms. The van der Waals surface area contributed by atoms with Gasteiger partial charge in [-0.2, -0.15) is 5.26 Å². The first kappa shape index (κ1) is 17.0. The molecule has 0 unspecified atom stereocenters. The summed E-state index contributed by atoms with van der Waals surface area (Å²) in [5.74, 6) is 0.428. The van der Waals surface area contributed by atoms with Gasteiger partial charge in [-0.25, -0.2) is 0 Å². The summed E-state index contributed by atoms with van der Waals surface area (Å²) in [6, 6.07) is 13.7. The topological polar surface area (TPSA) is 73.1 Å². The molecule has 0 aliphatic carbocycles. The number of nitrogens with one attached hydrogen (secondary N) is 2. The third kappa shape index (κ3) is 6.58. The second kappa shape index (κ2) is 10.4. The van der Waals surface area contributed by atoms with E-state index in [1.165, 1.54) is 5.56 Å². The number of nitriles is 1. The van der Waals surface area contributed by atoms with Gasteiger partial charge in [-0.15, -0.1) is 0 Å². The van der Waals surface area contributed by atoms with Gasteiger partial charge in [-0.1, -0.05) is 54.6 Å². The first-order valence-corrected chi connectivity index (χ1v) is 7.63. The summed E-state index contributed by atoms with van der Waals surface area (Å²) in [5.41, 5.74) is 2.00. The van der Waals surface area contributed by atoms with Crippen LogP contribution >= 0.6 is 0 Å². The van der Waals surface area contributed by atoms with Crippen LogP contribution in [0.25, 0.3) is 6.08 Å². The van der Waals surface area contributed by atoms with E-state index >= 15 is 0 Å². The molecule has 2 N–H and O–H groups in total. The molecule has 2 aromatic rings. The van der Waals surface area contributed by atoms with Crippen molar-refractivity contribution in [2.24, 2.45) is 4.99 Å². The third-order valence-electron chi connectivity index (χ3n) is 3.02. The van der Waals surface area contributed by atoms with Crippen molar-refractivity contribution < 1.29 is 0 Å². The van der Waals surface area contributed by atoms with Crippen molar-refractivity contribution in [3.8, 4) is 6.19 Å². The molecule has 1 heterocycles. The van der Waals surface area contributed by atoms with Gasteiger partial charge in [0.2, 0.25) is 5.96 Å². The zero-order chi connectivity index (χ0) is 16.9. The molecular weight excluding hydrogens is 298 g/mol. The maximum absolute atomic E-state index is 8.78. The molecule has 1 aromatic carbocycles. The summed E-state index contributed by atoms with van der Waals surface area (Å²) in [6.45, 7) is 0.581. The number of guanidine groups is 1. The van der Waals surface area contributed by atoms with Gasteiger partial charge < -0.3 is 5.32 Å². The number of benzene rings is 1. The van der Waals surface area contributed by atoms with E-state index in [4.69, 9.17) is 5.26 Å². The average molecular weight is 317 g/mol. The van der Waals surface area contributed by atoms with Crippen LogP contribution < -0.4 is 10.6 Å². The lowest BCUT2D eigenvalue weighted by Gasteiger charge is -2.06. The Bertz CT molecular complexity index is 727. The van der Waals surface area contributed by atoms with Crippen molar-refractivity contribution in [1.82, 2.24) is 10.3 Å². The summed E-state index contributed by atoms with van der Waals surface area (Å²) in [5, 5.41) is 14.4. The van der Waals surface area contributed by atoms with Crippen LogP contribution in [0.1, 0.15) is 12.0 Å². The fraction of sp³-hybridized carbons (Fsp3) is 0.105. The van der Waals surface area contributed by atoms with Crippen molar-refractivity contribution in [3.63, 3.8) is 0 Å². The highest BCUT2D eigenvalue weighted by atomic mass is 15.2. The number of pyridine rings is 1. The highest BCUT2D eigenvalue weighted by Gasteiger charge is 1.97. The first-order chi connectivity index (χ1) is 11.9. The summed E-state index contributed by atoms with van der Waals surface area (Å²) in [4.78, 5) is 8.28. The lowest BCUT2D eigenvalue weighted by molar-refractivity contribution is 0.991. The van der Waals surface area contributed by atoms with Crippen LogP contribution in [0.2, 0.25) is 0 Å². The van der Waals surface area contributed by atoms with Gasteiger partial charge in [-0.3, -0.25) is 15.3 Å². The van der Waals surface area contributed by atoms with Crippen LogP contribution in [0, 0.1) is 11.5 Å². The maximum atomic E-state index is 8.78. The van der Waals surface area contributed by atoms with Crippen molar-refractivity contribution in [2.75, 3.05) is 11.9 Å². The molecule has 0 spiro atoms. The highest BCUT2D eigenvalue weighted by molar-refractivity contribution is 5.94. The van der Waals surface area contributed by atoms with Gasteiger partial charge in [-0.05, 0) is 24.1 Å². The van der Waals surface area contributed by atoms with E-state index in [0.717, 1.165) is 12.1 Å². The third-order valence-corrected chi connectivity index (χ3v) is 3.02. The van der Waals surface area contributed by atoms with E-state index in [2.05, 4.69) is 32.7 Å². The minimum atomic E-state index is 0.428. The summed E-state index contributed by atoms with van der Waals surface area (Å²) in [7, 11) is 0. The molecule has 0 aliphatic rings. The van der Waals surface area contributed by atoms with Crippen molar-refractivity contribution in [3.05, 3.63) is 78.6 Å². The fourth-order valence-electron chi connectivity index (χ4n) is 1.89. The molecule has 0 saturated heterocycles. The van der Waals surface area contributed by atoms with E-state index in [-0.39, 0.29) is 0 Å². The maximum Gasteiger partial charge on any atom is 0.209 e. The van der Waals surface area contributed by atoms with Crippen LogP contribution in [-0.2, 0) is 0 Å². The molecule has 24 heavy (non-hydrogen) atoms. The number of allylic oxidation sites excluding steroid dienone is 2. The van der Waals surface area contributed by atoms with Gasteiger partial charge in [0.05, 0.1) is 0 Å². The Labute approximate surface area is 142 Å². The largest absolute Gasteiger partial charge is 0.325 e. The Balaban J connectivity index is 1.79. The van der Waals surface area contributed by atoms with E-state index in [0.29, 0.717) is 12.5 Å². The van der Waals surface area contributed by atoms with Crippen molar-refractivity contribution in [2.45, 2.75) is 6.42 Å². The predicted octanol–water partition coefficient (Wildman–Crippen LogP) is 3.58. The number of aromatic nitrogens is 1. The Kier molecular flexibility index (Phi) is 7.32. The second-order valence-corrected chi connectivity index (χ2v) is 4.81. The van der Waals surface area contributed by atoms with Gasteiger partial charge >= 0.3 is 0 Å². The molecule has 5 nitrogen and oxygen atoms in total. The van der Waals surface area contributed by atoms with E-state index in [1.54, 1.807) is 12.4 Å². The summed E-state index contributed by atoms with van der Waals surface area (Å²) >= 11 is 0. The van der Waals surface area contributed by atoms with Gasteiger partial charge in [0.15, 0.2) is 6.19 Å². The Morgan fingerprint density at radius 1 is 1.12 bits per heavy atom. The molecule has 0 radical (unpaired) electrons. The van der Waals surface area contributed by atoms with Crippen LogP contribution in [-0.4, -0.2) is 17.5 Å². The number of nitrogens with zero attached hydrogens (tertiary/aromatic N) is 3. The van der Waals surface area contributed by atoms with Crippen molar-refractivity contribution >= 4 is 17.7 Å². The SMILES string of the molecule is N#CNC(=NCC/C=C/C=Cc1ccccc1)Nc1ccncc1. The molecule has 0 fully saturated rings. The summed E-state index contributed by atoms with van der Waals surface area (Å²) in [6.07, 6.45) is 14.1.